The number of aliphatic imine (C=N–C) groups is 1. The molecular weight excluding hydrogens is 459 g/mol. The van der Waals surface area contributed by atoms with Crippen LogP contribution in [0.1, 0.15) is 45.8 Å². The van der Waals surface area contributed by atoms with Gasteiger partial charge in [0.15, 0.2) is 5.96 Å². The fraction of sp³-hybridized carbons (Fsp3) is 0.579. The summed E-state index contributed by atoms with van der Waals surface area (Å²) in [5.74, 6) is 1.15. The number of hydrogen-bond donors (Lipinski definition) is 4. The van der Waals surface area contributed by atoms with Crippen molar-refractivity contribution in [2.45, 2.75) is 46.3 Å². The molecule has 1 amide bonds. The molecule has 0 aliphatic heterocycles. The van der Waals surface area contributed by atoms with E-state index in [2.05, 4.69) is 20.9 Å². The molecule has 0 radical (unpaired) electrons. The van der Waals surface area contributed by atoms with Crippen molar-refractivity contribution < 1.29 is 14.6 Å². The predicted molar refractivity (Wildman–Crippen MR) is 120 cm³/mol. The number of amides is 1. The predicted octanol–water partition coefficient (Wildman–Crippen LogP) is 2.21. The summed E-state index contributed by atoms with van der Waals surface area (Å²) in [4.78, 5) is 15.9. The highest BCUT2D eigenvalue weighted by Crippen LogP contribution is 2.18. The minimum absolute atomic E-state index is 0. The van der Waals surface area contributed by atoms with Crippen molar-refractivity contribution in [1.82, 2.24) is 16.0 Å². The third-order valence-electron chi connectivity index (χ3n) is 3.40. The summed E-state index contributed by atoms with van der Waals surface area (Å²) in [5.41, 5.74) is 0.783. The van der Waals surface area contributed by atoms with Crippen LogP contribution < -0.4 is 20.7 Å². The second kappa shape index (κ2) is 14.5. The molecule has 1 aromatic rings. The number of halogens is 1. The van der Waals surface area contributed by atoms with Crippen LogP contribution in [0.4, 0.5) is 0 Å². The van der Waals surface area contributed by atoms with Gasteiger partial charge in [0.1, 0.15) is 12.3 Å². The highest BCUT2D eigenvalue weighted by molar-refractivity contribution is 14.0. The quantitative estimate of drug-likeness (QED) is 0.228. The number of carbonyl (C=O) groups excluding carboxylic acids is 1. The van der Waals surface area contributed by atoms with Crippen LogP contribution in [0.25, 0.3) is 0 Å². The van der Waals surface area contributed by atoms with Crippen LogP contribution in [0.3, 0.4) is 0 Å². The van der Waals surface area contributed by atoms with Gasteiger partial charge in [-0.3, -0.25) is 4.79 Å². The van der Waals surface area contributed by atoms with Crippen molar-refractivity contribution in [1.29, 1.82) is 0 Å². The maximum atomic E-state index is 11.6. The summed E-state index contributed by atoms with van der Waals surface area (Å²) in [6.45, 7) is 9.52. The fourth-order valence-corrected chi connectivity index (χ4v) is 2.16. The van der Waals surface area contributed by atoms with Gasteiger partial charge in [-0.2, -0.15) is 0 Å². The van der Waals surface area contributed by atoms with E-state index in [1.165, 1.54) is 0 Å². The van der Waals surface area contributed by atoms with Crippen LogP contribution in [0.2, 0.25) is 0 Å². The molecule has 4 N–H and O–H groups in total. The lowest BCUT2D eigenvalue weighted by Crippen LogP contribution is -2.40. The SMILES string of the molecule is CCCNC(=O)CN=C(NCC)NCC(O)c1ccc(OC(C)C)cc1.I. The minimum atomic E-state index is -0.694. The monoisotopic (exact) mass is 492 g/mol. The lowest BCUT2D eigenvalue weighted by Gasteiger charge is -2.16. The van der Waals surface area contributed by atoms with Gasteiger partial charge in [-0.15, -0.1) is 24.0 Å². The van der Waals surface area contributed by atoms with Crippen LogP contribution in [-0.2, 0) is 4.79 Å². The van der Waals surface area contributed by atoms with Gasteiger partial charge < -0.3 is 25.8 Å². The zero-order valence-electron chi connectivity index (χ0n) is 16.6. The van der Waals surface area contributed by atoms with E-state index < -0.39 is 6.10 Å². The zero-order valence-corrected chi connectivity index (χ0v) is 18.9. The Labute approximate surface area is 179 Å². The average molecular weight is 492 g/mol. The second-order valence-corrected chi connectivity index (χ2v) is 6.18. The van der Waals surface area contributed by atoms with E-state index in [1.807, 2.05) is 52.0 Å². The molecule has 0 bridgehead atoms. The normalized spacial score (nSPS) is 12.1. The number of benzene rings is 1. The van der Waals surface area contributed by atoms with Gasteiger partial charge in [-0.05, 0) is 44.9 Å². The van der Waals surface area contributed by atoms with Crippen LogP contribution in [0.15, 0.2) is 29.3 Å². The van der Waals surface area contributed by atoms with E-state index in [0.29, 0.717) is 19.0 Å². The fourth-order valence-electron chi connectivity index (χ4n) is 2.16. The largest absolute Gasteiger partial charge is 0.491 e. The zero-order chi connectivity index (χ0) is 19.4. The lowest BCUT2D eigenvalue weighted by atomic mass is 10.1. The van der Waals surface area contributed by atoms with Crippen molar-refractivity contribution in [3.8, 4) is 5.75 Å². The van der Waals surface area contributed by atoms with Crippen LogP contribution in [0, 0.1) is 0 Å². The molecule has 1 rings (SSSR count). The lowest BCUT2D eigenvalue weighted by molar-refractivity contribution is -0.119. The first kappa shape index (κ1) is 25.4. The molecule has 154 valence electrons. The Bertz CT molecular complexity index is 565. The van der Waals surface area contributed by atoms with E-state index >= 15 is 0 Å². The van der Waals surface area contributed by atoms with Gasteiger partial charge in [0.05, 0.1) is 12.2 Å². The highest BCUT2D eigenvalue weighted by atomic mass is 127. The molecule has 7 nitrogen and oxygen atoms in total. The van der Waals surface area contributed by atoms with Crippen molar-refractivity contribution in [2.75, 3.05) is 26.2 Å². The molecule has 0 saturated heterocycles. The Kier molecular flexibility index (Phi) is 13.7. The molecule has 1 atom stereocenters. The smallest absolute Gasteiger partial charge is 0.241 e. The van der Waals surface area contributed by atoms with Crippen molar-refractivity contribution in [3.05, 3.63) is 29.8 Å². The number of hydrogen-bond acceptors (Lipinski definition) is 4. The van der Waals surface area contributed by atoms with E-state index in [0.717, 1.165) is 17.7 Å². The van der Waals surface area contributed by atoms with Gasteiger partial charge in [-0.1, -0.05) is 19.1 Å². The number of aliphatic hydroxyl groups excluding tert-OH is 1. The summed E-state index contributed by atoms with van der Waals surface area (Å²) in [7, 11) is 0. The topological polar surface area (TPSA) is 95.0 Å². The Morgan fingerprint density at radius 1 is 1.15 bits per heavy atom. The third kappa shape index (κ3) is 11.0. The van der Waals surface area contributed by atoms with Crippen molar-refractivity contribution in [2.24, 2.45) is 4.99 Å². The number of nitrogens with zero attached hydrogens (tertiary/aromatic N) is 1. The molecule has 1 aromatic carbocycles. The molecular formula is C19H33IN4O3. The first-order valence-electron chi connectivity index (χ1n) is 9.19. The Morgan fingerprint density at radius 2 is 1.81 bits per heavy atom. The Hall–Kier alpha value is -1.55. The molecule has 8 heteroatoms. The van der Waals surface area contributed by atoms with Crippen LogP contribution in [-0.4, -0.2) is 49.3 Å². The summed E-state index contributed by atoms with van der Waals surface area (Å²) in [6, 6.07) is 7.37. The third-order valence-corrected chi connectivity index (χ3v) is 3.40. The van der Waals surface area contributed by atoms with E-state index in [4.69, 9.17) is 4.74 Å². The standard InChI is InChI=1S/C19H32N4O3.HI/c1-5-11-21-18(25)13-23-19(20-6-2)22-12-17(24)15-7-9-16(10-8-15)26-14(3)4;/h7-10,14,17,24H,5-6,11-13H2,1-4H3,(H,21,25)(H2,20,22,23);1H. The Balaban J connectivity index is 0.00000676. The molecule has 0 saturated carbocycles. The maximum Gasteiger partial charge on any atom is 0.241 e. The molecule has 27 heavy (non-hydrogen) atoms. The second-order valence-electron chi connectivity index (χ2n) is 6.18. The number of ether oxygens (including phenoxy) is 1. The van der Waals surface area contributed by atoms with Gasteiger partial charge in [0.25, 0.3) is 0 Å². The highest BCUT2D eigenvalue weighted by Gasteiger charge is 2.09. The van der Waals surface area contributed by atoms with Crippen LogP contribution >= 0.6 is 24.0 Å². The van der Waals surface area contributed by atoms with E-state index in [-0.39, 0.29) is 49.1 Å². The summed E-state index contributed by atoms with van der Waals surface area (Å²) in [6.07, 6.45) is 0.308. The summed E-state index contributed by atoms with van der Waals surface area (Å²) in [5, 5.41) is 19.2. The van der Waals surface area contributed by atoms with Crippen molar-refractivity contribution >= 4 is 35.8 Å². The molecule has 0 aliphatic carbocycles. The van der Waals surface area contributed by atoms with Gasteiger partial charge in [0.2, 0.25) is 5.91 Å². The van der Waals surface area contributed by atoms with Gasteiger partial charge in [0, 0.05) is 19.6 Å². The van der Waals surface area contributed by atoms with Crippen LogP contribution in [0.5, 0.6) is 5.75 Å². The first-order chi connectivity index (χ1) is 12.5. The number of nitrogens with one attached hydrogen (secondary N) is 3. The molecule has 0 spiro atoms. The molecule has 0 fully saturated rings. The summed E-state index contributed by atoms with van der Waals surface area (Å²) >= 11 is 0. The molecule has 0 aliphatic rings. The van der Waals surface area contributed by atoms with E-state index in [1.54, 1.807) is 0 Å². The number of aliphatic hydroxyl groups is 1. The number of guanidine groups is 1. The minimum Gasteiger partial charge on any atom is -0.491 e. The average Bonchev–Trinajstić information content (AvgIpc) is 2.62. The Morgan fingerprint density at radius 3 is 2.37 bits per heavy atom. The molecule has 0 aromatic heterocycles. The van der Waals surface area contributed by atoms with Gasteiger partial charge >= 0.3 is 0 Å². The molecule has 0 heterocycles. The number of carbonyl (C=O) groups is 1. The van der Waals surface area contributed by atoms with Crippen molar-refractivity contribution in [3.63, 3.8) is 0 Å². The van der Waals surface area contributed by atoms with E-state index in [9.17, 15) is 9.90 Å². The molecule has 1 unspecified atom stereocenters. The van der Waals surface area contributed by atoms with Gasteiger partial charge in [-0.25, -0.2) is 4.99 Å². The summed E-state index contributed by atoms with van der Waals surface area (Å²) < 4.78 is 5.60. The number of rotatable bonds is 10. The maximum absolute atomic E-state index is 11.6. The first-order valence-corrected chi connectivity index (χ1v) is 9.19.